The van der Waals surface area contributed by atoms with Gasteiger partial charge in [-0.25, -0.2) is 0 Å². The minimum atomic E-state index is 0.459. The molecule has 3 nitrogen and oxygen atoms in total. The highest BCUT2D eigenvalue weighted by atomic mass is 35.5. The molecule has 1 atom stereocenters. The van der Waals surface area contributed by atoms with E-state index in [-0.39, 0.29) is 0 Å². The van der Waals surface area contributed by atoms with E-state index in [0.29, 0.717) is 11.3 Å². The van der Waals surface area contributed by atoms with E-state index >= 15 is 0 Å². The molecule has 0 N–H and O–H groups in total. The van der Waals surface area contributed by atoms with Crippen LogP contribution in [0.2, 0.25) is 5.28 Å². The average molecular weight is 214 g/mol. The Morgan fingerprint density at radius 2 is 2.21 bits per heavy atom. The molecule has 14 heavy (non-hydrogen) atoms. The van der Waals surface area contributed by atoms with E-state index in [0.717, 1.165) is 18.2 Å². The molecule has 1 fully saturated rings. The van der Waals surface area contributed by atoms with Gasteiger partial charge in [0.15, 0.2) is 0 Å². The van der Waals surface area contributed by atoms with Gasteiger partial charge < -0.3 is 0 Å². The molecule has 1 saturated carbocycles. The maximum absolute atomic E-state index is 6.03. The molecule has 78 valence electrons. The Hall–Kier alpha value is -0.570. The van der Waals surface area contributed by atoms with Crippen molar-refractivity contribution < 1.29 is 0 Å². The highest BCUT2D eigenvalue weighted by Gasteiger charge is 2.27. The second kappa shape index (κ2) is 3.89. The molecule has 2 rings (SSSR count). The van der Waals surface area contributed by atoms with Crippen molar-refractivity contribution in [3.05, 3.63) is 11.1 Å². The van der Waals surface area contributed by atoms with Gasteiger partial charge in [0.2, 0.25) is 5.28 Å². The zero-order chi connectivity index (χ0) is 10.1. The van der Waals surface area contributed by atoms with Gasteiger partial charge in [0.1, 0.15) is 5.82 Å². The van der Waals surface area contributed by atoms with Crippen molar-refractivity contribution in [3.63, 3.8) is 0 Å². The third-order valence-electron chi connectivity index (χ3n) is 3.28. The third-order valence-corrected chi connectivity index (χ3v) is 3.54. The predicted molar refractivity (Wildman–Crippen MR) is 56.5 cm³/mol. The number of hydrogen-bond donors (Lipinski definition) is 0. The summed E-state index contributed by atoms with van der Waals surface area (Å²) in [6.45, 7) is 4.31. The standard InChI is InChI=1S/C10H16ClN3/c1-3-9-12-13-10(11)14(9)7(2)8-5-4-6-8/h7-8H,3-6H2,1-2H3. The maximum atomic E-state index is 6.03. The number of aryl methyl sites for hydroxylation is 1. The first-order chi connectivity index (χ1) is 6.74. The van der Waals surface area contributed by atoms with Crippen LogP contribution in [0, 0.1) is 5.92 Å². The van der Waals surface area contributed by atoms with Gasteiger partial charge >= 0.3 is 0 Å². The fourth-order valence-corrected chi connectivity index (χ4v) is 2.37. The second-order valence-electron chi connectivity index (χ2n) is 4.04. The van der Waals surface area contributed by atoms with Gasteiger partial charge in [0, 0.05) is 12.5 Å². The summed E-state index contributed by atoms with van der Waals surface area (Å²) in [7, 11) is 0. The minimum absolute atomic E-state index is 0.459. The number of halogens is 1. The molecule has 0 saturated heterocycles. The van der Waals surface area contributed by atoms with Crippen LogP contribution in [0.1, 0.15) is 45.0 Å². The molecule has 0 aromatic carbocycles. The molecule has 0 bridgehead atoms. The largest absolute Gasteiger partial charge is 0.299 e. The highest BCUT2D eigenvalue weighted by Crippen LogP contribution is 2.37. The SMILES string of the molecule is CCc1nnc(Cl)n1C(C)C1CCC1. The Kier molecular flexibility index (Phi) is 2.77. The van der Waals surface area contributed by atoms with Gasteiger partial charge in [-0.05, 0) is 37.3 Å². The summed E-state index contributed by atoms with van der Waals surface area (Å²) in [5, 5.41) is 8.55. The Morgan fingerprint density at radius 1 is 1.50 bits per heavy atom. The normalized spacial score (nSPS) is 19.4. The first kappa shape index (κ1) is 9.97. The van der Waals surface area contributed by atoms with Crippen LogP contribution in [-0.4, -0.2) is 14.8 Å². The topological polar surface area (TPSA) is 30.7 Å². The molecule has 1 unspecified atom stereocenters. The molecule has 1 aliphatic carbocycles. The number of rotatable bonds is 3. The summed E-state index contributed by atoms with van der Waals surface area (Å²) >= 11 is 6.03. The van der Waals surface area contributed by atoms with Crippen LogP contribution in [0.15, 0.2) is 0 Å². The molecule has 0 aliphatic heterocycles. The smallest absolute Gasteiger partial charge is 0.225 e. The summed E-state index contributed by atoms with van der Waals surface area (Å²) < 4.78 is 2.09. The van der Waals surface area contributed by atoms with E-state index < -0.39 is 0 Å². The molecular formula is C10H16ClN3. The lowest BCUT2D eigenvalue weighted by Gasteiger charge is -2.32. The third kappa shape index (κ3) is 1.54. The first-order valence-corrected chi connectivity index (χ1v) is 5.71. The van der Waals surface area contributed by atoms with E-state index in [4.69, 9.17) is 11.6 Å². The van der Waals surface area contributed by atoms with Crippen molar-refractivity contribution in [3.8, 4) is 0 Å². The van der Waals surface area contributed by atoms with E-state index in [1.165, 1.54) is 19.3 Å². The first-order valence-electron chi connectivity index (χ1n) is 5.33. The summed E-state index contributed by atoms with van der Waals surface area (Å²) in [5.74, 6) is 1.78. The molecule has 1 aromatic rings. The van der Waals surface area contributed by atoms with E-state index in [1.807, 2.05) is 0 Å². The molecular weight excluding hydrogens is 198 g/mol. The fourth-order valence-electron chi connectivity index (χ4n) is 2.08. The van der Waals surface area contributed by atoms with Crippen molar-refractivity contribution in [1.29, 1.82) is 0 Å². The van der Waals surface area contributed by atoms with Crippen LogP contribution in [0.4, 0.5) is 0 Å². The quantitative estimate of drug-likeness (QED) is 0.773. The number of hydrogen-bond acceptors (Lipinski definition) is 2. The minimum Gasteiger partial charge on any atom is -0.299 e. The molecule has 1 heterocycles. The van der Waals surface area contributed by atoms with E-state index in [1.54, 1.807) is 0 Å². The Bertz CT molecular complexity index is 317. The van der Waals surface area contributed by atoms with Crippen molar-refractivity contribution in [2.75, 3.05) is 0 Å². The molecule has 0 spiro atoms. The van der Waals surface area contributed by atoms with Gasteiger partial charge in [-0.2, -0.15) is 0 Å². The van der Waals surface area contributed by atoms with Crippen LogP contribution >= 0.6 is 11.6 Å². The van der Waals surface area contributed by atoms with Crippen molar-refractivity contribution in [2.45, 2.75) is 45.6 Å². The summed E-state index contributed by atoms with van der Waals surface area (Å²) in [5.41, 5.74) is 0. The molecule has 1 aliphatic rings. The summed E-state index contributed by atoms with van der Waals surface area (Å²) in [6.07, 6.45) is 4.89. The van der Waals surface area contributed by atoms with Crippen molar-refractivity contribution >= 4 is 11.6 Å². The summed E-state index contributed by atoms with van der Waals surface area (Å²) in [4.78, 5) is 0. The lowest BCUT2D eigenvalue weighted by atomic mass is 9.80. The molecule has 1 aromatic heterocycles. The zero-order valence-corrected chi connectivity index (χ0v) is 9.46. The Morgan fingerprint density at radius 3 is 2.71 bits per heavy atom. The van der Waals surface area contributed by atoms with Gasteiger partial charge in [-0.3, -0.25) is 4.57 Å². The van der Waals surface area contributed by atoms with Crippen LogP contribution < -0.4 is 0 Å². The molecule has 0 amide bonds. The van der Waals surface area contributed by atoms with Crippen molar-refractivity contribution in [2.24, 2.45) is 5.92 Å². The number of aromatic nitrogens is 3. The predicted octanol–water partition coefficient (Wildman–Crippen LogP) is 2.86. The zero-order valence-electron chi connectivity index (χ0n) is 8.70. The maximum Gasteiger partial charge on any atom is 0.225 e. The van der Waals surface area contributed by atoms with Crippen LogP contribution in [0.25, 0.3) is 0 Å². The van der Waals surface area contributed by atoms with Crippen LogP contribution in [-0.2, 0) is 6.42 Å². The van der Waals surface area contributed by atoms with E-state index in [9.17, 15) is 0 Å². The van der Waals surface area contributed by atoms with Gasteiger partial charge in [-0.1, -0.05) is 13.3 Å². The summed E-state index contributed by atoms with van der Waals surface area (Å²) in [6, 6.07) is 0.459. The number of nitrogens with zero attached hydrogens (tertiary/aromatic N) is 3. The average Bonchev–Trinajstić information content (AvgIpc) is 2.43. The lowest BCUT2D eigenvalue weighted by molar-refractivity contribution is 0.219. The molecule has 4 heteroatoms. The lowest BCUT2D eigenvalue weighted by Crippen LogP contribution is -2.24. The van der Waals surface area contributed by atoms with Gasteiger partial charge in [0.25, 0.3) is 0 Å². The Balaban J connectivity index is 2.23. The van der Waals surface area contributed by atoms with Gasteiger partial charge in [0.05, 0.1) is 0 Å². The van der Waals surface area contributed by atoms with Crippen LogP contribution in [0.3, 0.4) is 0 Å². The Labute approximate surface area is 89.5 Å². The van der Waals surface area contributed by atoms with Crippen LogP contribution in [0.5, 0.6) is 0 Å². The molecule has 0 radical (unpaired) electrons. The van der Waals surface area contributed by atoms with E-state index in [2.05, 4.69) is 28.6 Å². The highest BCUT2D eigenvalue weighted by molar-refractivity contribution is 6.28. The van der Waals surface area contributed by atoms with Crippen molar-refractivity contribution in [1.82, 2.24) is 14.8 Å². The van der Waals surface area contributed by atoms with Gasteiger partial charge in [-0.15, -0.1) is 10.2 Å². The monoisotopic (exact) mass is 213 g/mol. The fraction of sp³-hybridized carbons (Fsp3) is 0.800. The second-order valence-corrected chi connectivity index (χ2v) is 4.38.